The van der Waals surface area contributed by atoms with Crippen LogP contribution in [0.3, 0.4) is 0 Å². The van der Waals surface area contributed by atoms with Crippen LogP contribution in [0.5, 0.6) is 0 Å². The van der Waals surface area contributed by atoms with Gasteiger partial charge in [0.05, 0.1) is 4.90 Å². The van der Waals surface area contributed by atoms with Gasteiger partial charge in [0.25, 0.3) is 0 Å². The van der Waals surface area contributed by atoms with Crippen molar-refractivity contribution >= 4 is 15.9 Å². The minimum atomic E-state index is -3.73. The van der Waals surface area contributed by atoms with Gasteiger partial charge in [0.2, 0.25) is 15.9 Å². The van der Waals surface area contributed by atoms with E-state index in [2.05, 4.69) is 10.0 Å². The predicted octanol–water partition coefficient (Wildman–Crippen LogP) is 2.65. The third kappa shape index (κ3) is 5.89. The van der Waals surface area contributed by atoms with Crippen LogP contribution < -0.4 is 10.0 Å². The molecule has 2 aromatic rings. The van der Waals surface area contributed by atoms with Gasteiger partial charge in [0, 0.05) is 19.5 Å². The van der Waals surface area contributed by atoms with Gasteiger partial charge < -0.3 is 5.32 Å². The number of carbonyl (C=O) groups is 1. The van der Waals surface area contributed by atoms with Crippen molar-refractivity contribution in [1.82, 2.24) is 10.0 Å². The molecule has 1 amide bonds. The highest BCUT2D eigenvalue weighted by atomic mass is 32.2. The van der Waals surface area contributed by atoms with Crippen LogP contribution >= 0.6 is 0 Å². The second-order valence-electron chi connectivity index (χ2n) is 5.82. The summed E-state index contributed by atoms with van der Waals surface area (Å²) in [4.78, 5) is 11.7. The van der Waals surface area contributed by atoms with Gasteiger partial charge >= 0.3 is 0 Å². The third-order valence-corrected chi connectivity index (χ3v) is 5.20. The quantitative estimate of drug-likeness (QED) is 0.689. The number of rotatable bonds is 8. The molecule has 0 aliphatic rings. The standard InChI is InChI=1S/C18H20F2N2O3S/c1-13-4-5-14(11-17(13)20)12-21-18(23)3-2-10-22-26(24,25)16-8-6-15(19)7-9-16/h4-9,11,22H,2-3,10,12H2,1H3,(H,21,23). The van der Waals surface area contributed by atoms with Crippen LogP contribution in [0, 0.1) is 18.6 Å². The maximum atomic E-state index is 13.4. The third-order valence-electron chi connectivity index (χ3n) is 3.72. The minimum absolute atomic E-state index is 0.0373. The molecule has 26 heavy (non-hydrogen) atoms. The molecule has 2 aromatic carbocycles. The first-order chi connectivity index (χ1) is 12.3. The fourth-order valence-electron chi connectivity index (χ4n) is 2.19. The van der Waals surface area contributed by atoms with E-state index in [0.29, 0.717) is 17.5 Å². The second-order valence-corrected chi connectivity index (χ2v) is 7.58. The summed E-state index contributed by atoms with van der Waals surface area (Å²) in [5, 5.41) is 2.66. The lowest BCUT2D eigenvalue weighted by Crippen LogP contribution is -2.27. The van der Waals surface area contributed by atoms with Crippen LogP contribution in [0.15, 0.2) is 47.4 Å². The first-order valence-corrected chi connectivity index (χ1v) is 9.53. The molecule has 0 aliphatic carbocycles. The zero-order chi connectivity index (χ0) is 19.2. The van der Waals surface area contributed by atoms with E-state index in [1.165, 1.54) is 18.2 Å². The second kappa shape index (κ2) is 8.86. The summed E-state index contributed by atoms with van der Waals surface area (Å²) in [6, 6.07) is 9.21. The summed E-state index contributed by atoms with van der Waals surface area (Å²) in [6.07, 6.45) is 0.425. The van der Waals surface area contributed by atoms with Crippen molar-refractivity contribution in [1.29, 1.82) is 0 Å². The number of carbonyl (C=O) groups excluding carboxylic acids is 1. The molecule has 2 N–H and O–H groups in total. The van der Waals surface area contributed by atoms with E-state index >= 15 is 0 Å². The highest BCUT2D eigenvalue weighted by Crippen LogP contribution is 2.10. The van der Waals surface area contributed by atoms with Gasteiger partial charge in [-0.15, -0.1) is 0 Å². The topological polar surface area (TPSA) is 75.3 Å². The number of sulfonamides is 1. The van der Waals surface area contributed by atoms with Gasteiger partial charge in [-0.2, -0.15) is 0 Å². The van der Waals surface area contributed by atoms with Crippen LogP contribution in [0.4, 0.5) is 8.78 Å². The van der Waals surface area contributed by atoms with Gasteiger partial charge in [-0.3, -0.25) is 4.79 Å². The SMILES string of the molecule is Cc1ccc(CNC(=O)CCCNS(=O)(=O)c2ccc(F)cc2)cc1F. The van der Waals surface area contributed by atoms with Gasteiger partial charge in [0.15, 0.2) is 0 Å². The van der Waals surface area contributed by atoms with Crippen molar-refractivity contribution < 1.29 is 22.0 Å². The highest BCUT2D eigenvalue weighted by molar-refractivity contribution is 7.89. The van der Waals surface area contributed by atoms with Crippen molar-refractivity contribution in [2.24, 2.45) is 0 Å². The van der Waals surface area contributed by atoms with E-state index in [9.17, 15) is 22.0 Å². The zero-order valence-electron chi connectivity index (χ0n) is 14.3. The average Bonchev–Trinajstić information content (AvgIpc) is 2.60. The molecular weight excluding hydrogens is 362 g/mol. The maximum absolute atomic E-state index is 13.4. The van der Waals surface area contributed by atoms with Crippen molar-refractivity contribution in [3.8, 4) is 0 Å². The number of aryl methyl sites for hydroxylation is 1. The first-order valence-electron chi connectivity index (χ1n) is 8.05. The Kier molecular flexibility index (Phi) is 6.82. The minimum Gasteiger partial charge on any atom is -0.352 e. The van der Waals surface area contributed by atoms with Crippen molar-refractivity contribution in [2.75, 3.05) is 6.54 Å². The maximum Gasteiger partial charge on any atom is 0.240 e. The molecule has 0 aromatic heterocycles. The average molecular weight is 382 g/mol. The highest BCUT2D eigenvalue weighted by Gasteiger charge is 2.13. The van der Waals surface area contributed by atoms with Gasteiger partial charge in [-0.05, 0) is 54.8 Å². The number of nitrogens with one attached hydrogen (secondary N) is 2. The summed E-state index contributed by atoms with van der Waals surface area (Å²) in [7, 11) is -3.73. The predicted molar refractivity (Wildman–Crippen MR) is 93.8 cm³/mol. The molecule has 8 heteroatoms. The van der Waals surface area contributed by atoms with Crippen LogP contribution in [0.2, 0.25) is 0 Å². The molecule has 0 fully saturated rings. The molecule has 0 unspecified atom stereocenters. The van der Waals surface area contributed by atoms with Crippen LogP contribution in [-0.2, 0) is 21.4 Å². The Hall–Kier alpha value is -2.32. The smallest absolute Gasteiger partial charge is 0.240 e. The van der Waals surface area contributed by atoms with Crippen molar-refractivity contribution in [3.05, 3.63) is 65.2 Å². The molecule has 2 rings (SSSR count). The molecule has 0 atom stereocenters. The molecule has 0 spiro atoms. The van der Waals surface area contributed by atoms with E-state index < -0.39 is 15.8 Å². The van der Waals surface area contributed by atoms with E-state index in [1.54, 1.807) is 19.1 Å². The summed E-state index contributed by atoms with van der Waals surface area (Å²) in [6.45, 7) is 1.94. The Morgan fingerprint density at radius 1 is 1.08 bits per heavy atom. The van der Waals surface area contributed by atoms with Crippen molar-refractivity contribution in [2.45, 2.75) is 31.2 Å². The lowest BCUT2D eigenvalue weighted by molar-refractivity contribution is -0.121. The fraction of sp³-hybridized carbons (Fsp3) is 0.278. The summed E-state index contributed by atoms with van der Waals surface area (Å²) in [5.41, 5.74) is 1.19. The van der Waals surface area contributed by atoms with E-state index in [1.807, 2.05) is 0 Å². The molecular formula is C18H20F2N2O3S. The van der Waals surface area contributed by atoms with Gasteiger partial charge in [-0.25, -0.2) is 21.9 Å². The normalized spacial score (nSPS) is 11.3. The Morgan fingerprint density at radius 2 is 1.77 bits per heavy atom. The van der Waals surface area contributed by atoms with Crippen LogP contribution in [-0.4, -0.2) is 20.9 Å². The van der Waals surface area contributed by atoms with E-state index in [-0.39, 0.29) is 36.1 Å². The summed E-state index contributed by atoms with van der Waals surface area (Å²) < 4.78 is 52.6. The Balaban J connectivity index is 1.72. The fourth-order valence-corrected chi connectivity index (χ4v) is 3.26. The number of hydrogen-bond acceptors (Lipinski definition) is 3. The number of halogens is 2. The molecule has 0 saturated heterocycles. The first kappa shape index (κ1) is 20.0. The van der Waals surface area contributed by atoms with Crippen LogP contribution in [0.25, 0.3) is 0 Å². The van der Waals surface area contributed by atoms with Crippen molar-refractivity contribution in [3.63, 3.8) is 0 Å². The number of benzene rings is 2. The monoisotopic (exact) mass is 382 g/mol. The summed E-state index contributed by atoms with van der Waals surface area (Å²) in [5.74, 6) is -1.10. The number of amides is 1. The molecule has 0 heterocycles. The Bertz CT molecular complexity index is 869. The Morgan fingerprint density at radius 3 is 2.42 bits per heavy atom. The molecule has 0 radical (unpaired) electrons. The largest absolute Gasteiger partial charge is 0.352 e. The van der Waals surface area contributed by atoms with Crippen LogP contribution in [0.1, 0.15) is 24.0 Å². The molecule has 0 saturated carbocycles. The van der Waals surface area contributed by atoms with E-state index in [4.69, 9.17) is 0 Å². The Labute approximate surface area is 151 Å². The molecule has 5 nitrogen and oxygen atoms in total. The van der Waals surface area contributed by atoms with Gasteiger partial charge in [-0.1, -0.05) is 12.1 Å². The van der Waals surface area contributed by atoms with Gasteiger partial charge in [0.1, 0.15) is 11.6 Å². The molecule has 0 bridgehead atoms. The summed E-state index contributed by atoms with van der Waals surface area (Å²) >= 11 is 0. The zero-order valence-corrected chi connectivity index (χ0v) is 15.1. The molecule has 140 valence electrons. The molecule has 0 aliphatic heterocycles. The van der Waals surface area contributed by atoms with E-state index in [0.717, 1.165) is 12.1 Å². The number of hydrogen-bond donors (Lipinski definition) is 2. The lowest BCUT2D eigenvalue weighted by Gasteiger charge is -2.08. The lowest BCUT2D eigenvalue weighted by atomic mass is 10.1.